The highest BCUT2D eigenvalue weighted by Gasteiger charge is 2.23. The van der Waals surface area contributed by atoms with Gasteiger partial charge in [0.15, 0.2) is 11.6 Å². The Hall–Kier alpha value is -2.06. The number of hydrogen-bond acceptors (Lipinski definition) is 6. The van der Waals surface area contributed by atoms with Gasteiger partial charge in [-0.25, -0.2) is 4.98 Å². The number of nitrogens with one attached hydrogen (secondary N) is 2. The van der Waals surface area contributed by atoms with Crippen LogP contribution in [0.1, 0.15) is 25.7 Å². The molecule has 0 spiro atoms. The minimum absolute atomic E-state index is 0.0685. The summed E-state index contributed by atoms with van der Waals surface area (Å²) in [6, 6.07) is 0. The van der Waals surface area contributed by atoms with Gasteiger partial charge in [0.05, 0.1) is 12.4 Å². The van der Waals surface area contributed by atoms with E-state index in [0.29, 0.717) is 63.7 Å². The number of carbonyl (C=O) groups excluding carboxylic acids is 2. The molecular weight excluding hydrogens is 312 g/mol. The van der Waals surface area contributed by atoms with Gasteiger partial charge in [0.25, 0.3) is 0 Å². The van der Waals surface area contributed by atoms with Crippen LogP contribution in [0.4, 0.5) is 11.6 Å². The van der Waals surface area contributed by atoms with Crippen molar-refractivity contribution < 1.29 is 19.1 Å². The van der Waals surface area contributed by atoms with E-state index < -0.39 is 0 Å². The Labute approximate surface area is 140 Å². The van der Waals surface area contributed by atoms with Crippen LogP contribution in [0.3, 0.4) is 0 Å². The molecule has 8 heteroatoms. The average molecular weight is 334 g/mol. The molecular formula is C16H22N4O4. The van der Waals surface area contributed by atoms with Crippen LogP contribution >= 0.6 is 0 Å². The molecule has 0 aliphatic carbocycles. The summed E-state index contributed by atoms with van der Waals surface area (Å²) in [7, 11) is 0. The van der Waals surface area contributed by atoms with E-state index in [1.807, 2.05) is 0 Å². The minimum Gasteiger partial charge on any atom is -0.381 e. The first-order valence-corrected chi connectivity index (χ1v) is 8.31. The lowest BCUT2D eigenvalue weighted by atomic mass is 9.99. The van der Waals surface area contributed by atoms with Crippen molar-refractivity contribution in [3.63, 3.8) is 0 Å². The molecule has 0 bridgehead atoms. The van der Waals surface area contributed by atoms with Crippen LogP contribution in [0.15, 0.2) is 12.4 Å². The second kappa shape index (κ2) is 8.16. The molecule has 1 aromatic heterocycles. The predicted molar refractivity (Wildman–Crippen MR) is 86.4 cm³/mol. The average Bonchev–Trinajstić information content (AvgIpc) is 2.63. The first kappa shape index (κ1) is 16.8. The fourth-order valence-electron chi connectivity index (χ4n) is 2.86. The molecule has 3 heterocycles. The molecule has 2 aliphatic heterocycles. The van der Waals surface area contributed by atoms with Crippen molar-refractivity contribution in [1.82, 2.24) is 9.97 Å². The largest absolute Gasteiger partial charge is 0.381 e. The maximum Gasteiger partial charge on any atom is 0.228 e. The smallest absolute Gasteiger partial charge is 0.228 e. The number of aromatic nitrogens is 2. The molecule has 0 radical (unpaired) electrons. The van der Waals surface area contributed by atoms with Crippen LogP contribution in [-0.4, -0.2) is 48.2 Å². The highest BCUT2D eigenvalue weighted by molar-refractivity contribution is 5.93. The van der Waals surface area contributed by atoms with Gasteiger partial charge in [-0.05, 0) is 25.7 Å². The number of rotatable bonds is 4. The zero-order chi connectivity index (χ0) is 16.8. The van der Waals surface area contributed by atoms with E-state index in [9.17, 15) is 9.59 Å². The molecule has 130 valence electrons. The van der Waals surface area contributed by atoms with Crippen LogP contribution < -0.4 is 10.6 Å². The summed E-state index contributed by atoms with van der Waals surface area (Å²) in [5, 5.41) is 5.53. The quantitative estimate of drug-likeness (QED) is 0.858. The van der Waals surface area contributed by atoms with E-state index in [4.69, 9.17) is 9.47 Å². The lowest BCUT2D eigenvalue weighted by Gasteiger charge is -2.21. The van der Waals surface area contributed by atoms with Crippen molar-refractivity contribution in [3.05, 3.63) is 12.4 Å². The van der Waals surface area contributed by atoms with Crippen molar-refractivity contribution in [2.24, 2.45) is 11.8 Å². The topological polar surface area (TPSA) is 102 Å². The second-order valence-electron chi connectivity index (χ2n) is 6.04. The lowest BCUT2D eigenvalue weighted by molar-refractivity contribution is -0.123. The number of anilines is 2. The number of amides is 2. The van der Waals surface area contributed by atoms with Crippen LogP contribution in [0.2, 0.25) is 0 Å². The number of ether oxygens (including phenoxy) is 2. The van der Waals surface area contributed by atoms with Crippen molar-refractivity contribution in [1.29, 1.82) is 0 Å². The number of hydrogen-bond donors (Lipinski definition) is 2. The molecule has 24 heavy (non-hydrogen) atoms. The Morgan fingerprint density at radius 3 is 1.67 bits per heavy atom. The van der Waals surface area contributed by atoms with Gasteiger partial charge in [-0.15, -0.1) is 0 Å². The van der Waals surface area contributed by atoms with Crippen LogP contribution in [-0.2, 0) is 19.1 Å². The standard InChI is InChI=1S/C16H22N4O4/c21-15(11-1-5-23-6-2-11)19-13-9-17-10-14(18-13)20-16(22)12-3-7-24-8-4-12/h9-12H,1-8H2,(H2,18,19,20,21,22). The Morgan fingerprint density at radius 1 is 0.833 bits per heavy atom. The molecule has 2 N–H and O–H groups in total. The summed E-state index contributed by atoms with van der Waals surface area (Å²) >= 11 is 0. The fraction of sp³-hybridized carbons (Fsp3) is 0.625. The van der Waals surface area contributed by atoms with Gasteiger partial charge < -0.3 is 20.1 Å². The molecule has 0 saturated carbocycles. The van der Waals surface area contributed by atoms with E-state index >= 15 is 0 Å². The summed E-state index contributed by atoms with van der Waals surface area (Å²) in [5.41, 5.74) is 0. The van der Waals surface area contributed by atoms with E-state index in [1.165, 1.54) is 12.4 Å². The Kier molecular flexibility index (Phi) is 5.71. The normalized spacial score (nSPS) is 19.7. The monoisotopic (exact) mass is 334 g/mol. The van der Waals surface area contributed by atoms with Gasteiger partial charge in [0.1, 0.15) is 0 Å². The third kappa shape index (κ3) is 4.48. The second-order valence-corrected chi connectivity index (χ2v) is 6.04. The van der Waals surface area contributed by atoms with Crippen LogP contribution in [0, 0.1) is 11.8 Å². The van der Waals surface area contributed by atoms with Crippen molar-refractivity contribution >= 4 is 23.5 Å². The molecule has 2 fully saturated rings. The summed E-state index contributed by atoms with van der Waals surface area (Å²) in [4.78, 5) is 32.7. The molecule has 8 nitrogen and oxygen atoms in total. The Balaban J connectivity index is 1.57. The molecule has 2 aliphatic rings. The molecule has 0 atom stereocenters. The van der Waals surface area contributed by atoms with Crippen LogP contribution in [0.25, 0.3) is 0 Å². The van der Waals surface area contributed by atoms with Gasteiger partial charge >= 0.3 is 0 Å². The van der Waals surface area contributed by atoms with Gasteiger partial charge in [-0.2, -0.15) is 0 Å². The van der Waals surface area contributed by atoms with Crippen LogP contribution in [0.5, 0.6) is 0 Å². The number of nitrogens with zero attached hydrogens (tertiary/aromatic N) is 2. The summed E-state index contributed by atoms with van der Waals surface area (Å²) in [6.07, 6.45) is 5.78. The zero-order valence-corrected chi connectivity index (χ0v) is 13.5. The Morgan fingerprint density at radius 2 is 1.25 bits per heavy atom. The highest BCUT2D eigenvalue weighted by atomic mass is 16.5. The van der Waals surface area contributed by atoms with E-state index in [0.717, 1.165) is 0 Å². The van der Waals surface area contributed by atoms with E-state index in [2.05, 4.69) is 20.6 Å². The van der Waals surface area contributed by atoms with E-state index in [-0.39, 0.29) is 23.7 Å². The highest BCUT2D eigenvalue weighted by Crippen LogP contribution is 2.19. The third-order valence-electron chi connectivity index (χ3n) is 4.32. The minimum atomic E-state index is -0.0829. The maximum atomic E-state index is 12.2. The molecule has 2 amide bonds. The van der Waals surface area contributed by atoms with E-state index in [1.54, 1.807) is 0 Å². The SMILES string of the molecule is O=C(Nc1cncc(NC(=O)C2CCOCC2)n1)C1CCOCC1. The predicted octanol–water partition coefficient (Wildman–Crippen LogP) is 1.21. The van der Waals surface area contributed by atoms with Gasteiger partial charge in [-0.1, -0.05) is 0 Å². The van der Waals surface area contributed by atoms with Crippen molar-refractivity contribution in [2.75, 3.05) is 37.1 Å². The first-order valence-electron chi connectivity index (χ1n) is 8.31. The first-order chi connectivity index (χ1) is 11.7. The Bertz CT molecular complexity index is 536. The third-order valence-corrected chi connectivity index (χ3v) is 4.32. The van der Waals surface area contributed by atoms with Gasteiger partial charge in [0, 0.05) is 38.3 Å². The summed E-state index contributed by atoms with van der Waals surface area (Å²) in [6.45, 7) is 2.41. The van der Waals surface area contributed by atoms with Crippen molar-refractivity contribution in [2.45, 2.75) is 25.7 Å². The molecule has 3 rings (SSSR count). The molecule has 0 aromatic carbocycles. The zero-order valence-electron chi connectivity index (χ0n) is 13.5. The molecule has 1 aromatic rings. The summed E-state index contributed by atoms with van der Waals surface area (Å²) < 4.78 is 10.5. The number of carbonyl (C=O) groups is 2. The molecule has 0 unspecified atom stereocenters. The lowest BCUT2D eigenvalue weighted by Crippen LogP contribution is -2.30. The fourth-order valence-corrected chi connectivity index (χ4v) is 2.86. The maximum absolute atomic E-state index is 12.2. The molecule has 2 saturated heterocycles. The van der Waals surface area contributed by atoms with Gasteiger partial charge in [-0.3, -0.25) is 14.6 Å². The summed E-state index contributed by atoms with van der Waals surface area (Å²) in [5.74, 6) is 0.385. The van der Waals surface area contributed by atoms with Gasteiger partial charge in [0.2, 0.25) is 11.8 Å². The van der Waals surface area contributed by atoms with Crippen molar-refractivity contribution in [3.8, 4) is 0 Å².